The standard InChI is InChI=1S/C13H22O2/c1-13(2)7-3-6-11(13)12(14)10-5-4-8-15-9-10/h9,11-12,14H,3-8H2,1-2H3. The normalized spacial score (nSPS) is 31.9. The van der Waals surface area contributed by atoms with E-state index in [4.69, 9.17) is 4.74 Å². The zero-order chi connectivity index (χ0) is 10.9. The summed E-state index contributed by atoms with van der Waals surface area (Å²) >= 11 is 0. The minimum Gasteiger partial charge on any atom is -0.501 e. The topological polar surface area (TPSA) is 29.5 Å². The van der Waals surface area contributed by atoms with Gasteiger partial charge in [0, 0.05) is 0 Å². The smallest absolute Gasteiger partial charge is 0.0876 e. The van der Waals surface area contributed by atoms with Crippen molar-refractivity contribution in [3.63, 3.8) is 0 Å². The van der Waals surface area contributed by atoms with Crippen LogP contribution in [0.3, 0.4) is 0 Å². The lowest BCUT2D eigenvalue weighted by atomic mass is 9.76. The Labute approximate surface area is 92.3 Å². The summed E-state index contributed by atoms with van der Waals surface area (Å²) < 4.78 is 5.31. The van der Waals surface area contributed by atoms with Gasteiger partial charge in [-0.3, -0.25) is 0 Å². The molecule has 86 valence electrons. The number of hydrogen-bond acceptors (Lipinski definition) is 2. The van der Waals surface area contributed by atoms with E-state index in [9.17, 15) is 5.11 Å². The number of rotatable bonds is 2. The minimum atomic E-state index is -0.275. The maximum Gasteiger partial charge on any atom is 0.0876 e. The summed E-state index contributed by atoms with van der Waals surface area (Å²) in [6.45, 7) is 5.36. The highest BCUT2D eigenvalue weighted by atomic mass is 16.5. The van der Waals surface area contributed by atoms with E-state index in [1.54, 1.807) is 6.26 Å². The van der Waals surface area contributed by atoms with Crippen molar-refractivity contribution in [2.45, 2.75) is 52.1 Å². The van der Waals surface area contributed by atoms with Crippen LogP contribution in [-0.2, 0) is 4.74 Å². The molecule has 0 aromatic carbocycles. The van der Waals surface area contributed by atoms with Crippen LogP contribution in [0.25, 0.3) is 0 Å². The van der Waals surface area contributed by atoms with Crippen LogP contribution >= 0.6 is 0 Å². The molecule has 2 aliphatic rings. The van der Waals surface area contributed by atoms with Crippen molar-refractivity contribution in [2.75, 3.05) is 6.61 Å². The van der Waals surface area contributed by atoms with Gasteiger partial charge in [0.05, 0.1) is 19.0 Å². The average Bonchev–Trinajstić information content (AvgIpc) is 2.58. The first-order valence-corrected chi connectivity index (χ1v) is 6.10. The lowest BCUT2D eigenvalue weighted by molar-refractivity contribution is 0.0690. The molecule has 1 saturated carbocycles. The summed E-state index contributed by atoms with van der Waals surface area (Å²) in [6, 6.07) is 0. The first-order chi connectivity index (χ1) is 7.11. The highest BCUT2D eigenvalue weighted by Gasteiger charge is 2.40. The summed E-state index contributed by atoms with van der Waals surface area (Å²) in [5.41, 5.74) is 1.40. The van der Waals surface area contributed by atoms with Gasteiger partial charge in [0.1, 0.15) is 0 Å². The van der Waals surface area contributed by atoms with Crippen molar-refractivity contribution in [1.29, 1.82) is 0 Å². The largest absolute Gasteiger partial charge is 0.501 e. The molecule has 0 saturated heterocycles. The van der Waals surface area contributed by atoms with Gasteiger partial charge in [-0.2, -0.15) is 0 Å². The first-order valence-electron chi connectivity index (χ1n) is 6.10. The van der Waals surface area contributed by atoms with Crippen LogP contribution in [0.4, 0.5) is 0 Å². The quantitative estimate of drug-likeness (QED) is 0.759. The SMILES string of the molecule is CC1(C)CCCC1C(O)C1=COCCC1. The fraction of sp³-hybridized carbons (Fsp3) is 0.846. The number of ether oxygens (including phenoxy) is 1. The Kier molecular flexibility index (Phi) is 3.06. The Balaban J connectivity index is 2.06. The summed E-state index contributed by atoms with van der Waals surface area (Å²) in [6.07, 6.45) is 7.23. The van der Waals surface area contributed by atoms with Crippen LogP contribution in [0.15, 0.2) is 11.8 Å². The van der Waals surface area contributed by atoms with Crippen LogP contribution < -0.4 is 0 Å². The Morgan fingerprint density at radius 3 is 2.80 bits per heavy atom. The number of aliphatic hydroxyl groups is 1. The van der Waals surface area contributed by atoms with Gasteiger partial charge in [-0.1, -0.05) is 20.3 Å². The predicted molar refractivity (Wildman–Crippen MR) is 60.4 cm³/mol. The van der Waals surface area contributed by atoms with Crippen LogP contribution in [0.2, 0.25) is 0 Å². The fourth-order valence-electron chi connectivity index (χ4n) is 3.00. The van der Waals surface area contributed by atoms with Gasteiger partial charge in [-0.15, -0.1) is 0 Å². The van der Waals surface area contributed by atoms with E-state index in [0.29, 0.717) is 5.92 Å². The number of hydrogen-bond donors (Lipinski definition) is 1. The van der Waals surface area contributed by atoms with Gasteiger partial charge < -0.3 is 9.84 Å². The van der Waals surface area contributed by atoms with E-state index in [1.165, 1.54) is 12.8 Å². The molecule has 2 nitrogen and oxygen atoms in total. The zero-order valence-electron chi connectivity index (χ0n) is 9.83. The number of aliphatic hydroxyl groups excluding tert-OH is 1. The van der Waals surface area contributed by atoms with Crippen molar-refractivity contribution >= 4 is 0 Å². The van der Waals surface area contributed by atoms with Crippen LogP contribution in [0, 0.1) is 11.3 Å². The van der Waals surface area contributed by atoms with E-state index >= 15 is 0 Å². The van der Waals surface area contributed by atoms with Crippen molar-refractivity contribution < 1.29 is 9.84 Å². The molecule has 1 N–H and O–H groups in total. The van der Waals surface area contributed by atoms with Gasteiger partial charge in [-0.05, 0) is 42.6 Å². The van der Waals surface area contributed by atoms with E-state index < -0.39 is 0 Å². The molecule has 1 fully saturated rings. The molecule has 1 heterocycles. The van der Waals surface area contributed by atoms with Crippen LogP contribution in [-0.4, -0.2) is 17.8 Å². The van der Waals surface area contributed by atoms with E-state index in [-0.39, 0.29) is 11.5 Å². The van der Waals surface area contributed by atoms with E-state index in [1.807, 2.05) is 0 Å². The molecule has 0 aromatic heterocycles. The van der Waals surface area contributed by atoms with E-state index in [2.05, 4.69) is 13.8 Å². The lowest BCUT2D eigenvalue weighted by Crippen LogP contribution is -2.32. The second-order valence-electron chi connectivity index (χ2n) is 5.60. The van der Waals surface area contributed by atoms with Crippen LogP contribution in [0.5, 0.6) is 0 Å². The molecule has 0 bridgehead atoms. The monoisotopic (exact) mass is 210 g/mol. The summed E-state index contributed by atoms with van der Waals surface area (Å²) in [5, 5.41) is 10.4. The van der Waals surface area contributed by atoms with E-state index in [0.717, 1.165) is 31.4 Å². The summed E-state index contributed by atoms with van der Waals surface area (Å²) in [5.74, 6) is 0.422. The predicted octanol–water partition coefficient (Wildman–Crippen LogP) is 2.87. The van der Waals surface area contributed by atoms with Crippen molar-refractivity contribution in [2.24, 2.45) is 11.3 Å². The molecule has 0 aromatic rings. The lowest BCUT2D eigenvalue weighted by Gasteiger charge is -2.33. The van der Waals surface area contributed by atoms with Gasteiger partial charge in [0.25, 0.3) is 0 Å². The van der Waals surface area contributed by atoms with Gasteiger partial charge in [-0.25, -0.2) is 0 Å². The third kappa shape index (κ3) is 2.20. The maximum absolute atomic E-state index is 10.4. The molecule has 0 radical (unpaired) electrons. The molecular weight excluding hydrogens is 188 g/mol. The molecule has 2 heteroatoms. The molecule has 0 amide bonds. The molecular formula is C13H22O2. The van der Waals surface area contributed by atoms with Crippen molar-refractivity contribution in [3.8, 4) is 0 Å². The Hall–Kier alpha value is -0.500. The second kappa shape index (κ2) is 4.17. The van der Waals surface area contributed by atoms with Crippen LogP contribution in [0.1, 0.15) is 46.0 Å². The van der Waals surface area contributed by atoms with Crippen molar-refractivity contribution in [1.82, 2.24) is 0 Å². The Morgan fingerprint density at radius 2 is 2.27 bits per heavy atom. The maximum atomic E-state index is 10.4. The Morgan fingerprint density at radius 1 is 1.47 bits per heavy atom. The average molecular weight is 210 g/mol. The summed E-state index contributed by atoms with van der Waals surface area (Å²) in [4.78, 5) is 0. The molecule has 2 atom stereocenters. The van der Waals surface area contributed by atoms with Gasteiger partial charge >= 0.3 is 0 Å². The molecule has 1 aliphatic heterocycles. The van der Waals surface area contributed by atoms with Gasteiger partial charge in [0.15, 0.2) is 0 Å². The van der Waals surface area contributed by atoms with Crippen molar-refractivity contribution in [3.05, 3.63) is 11.8 Å². The molecule has 0 spiro atoms. The molecule has 2 rings (SSSR count). The highest BCUT2D eigenvalue weighted by Crippen LogP contribution is 2.46. The van der Waals surface area contributed by atoms with Gasteiger partial charge in [0.2, 0.25) is 0 Å². The Bertz CT molecular complexity index is 255. The zero-order valence-corrected chi connectivity index (χ0v) is 9.83. The molecule has 15 heavy (non-hydrogen) atoms. The third-order valence-electron chi connectivity index (χ3n) is 4.06. The summed E-state index contributed by atoms with van der Waals surface area (Å²) in [7, 11) is 0. The third-order valence-corrected chi connectivity index (χ3v) is 4.06. The highest BCUT2D eigenvalue weighted by molar-refractivity contribution is 5.11. The molecule has 1 aliphatic carbocycles. The fourth-order valence-corrected chi connectivity index (χ4v) is 3.00. The molecule has 2 unspecified atom stereocenters. The second-order valence-corrected chi connectivity index (χ2v) is 5.60. The first kappa shape index (κ1) is 11.0. The minimum absolute atomic E-state index is 0.275.